The fraction of sp³-hybridized carbons (Fsp3) is 0.263. The zero-order valence-electron chi connectivity index (χ0n) is 14.1. The lowest BCUT2D eigenvalue weighted by Gasteiger charge is -2.10. The minimum absolute atomic E-state index is 0.00102. The Kier molecular flexibility index (Phi) is 4.62. The molecule has 0 saturated carbocycles. The molecule has 0 fully saturated rings. The van der Waals surface area contributed by atoms with Crippen molar-refractivity contribution in [2.45, 2.75) is 32.9 Å². The third-order valence-corrected chi connectivity index (χ3v) is 3.50. The third kappa shape index (κ3) is 3.81. The van der Waals surface area contributed by atoms with E-state index >= 15 is 0 Å². The second kappa shape index (κ2) is 6.84. The molecule has 0 saturated heterocycles. The Hall–Kier alpha value is -2.66. The standard InChI is InChI=1S/C19H21N3O2/c1-12(2)23-16-6-9-18(21-11-16)24-19-8-5-15-10-14(13(3)20)4-7-17(15)22-19/h4-13H,20H2,1-3H3. The van der Waals surface area contributed by atoms with E-state index in [-0.39, 0.29) is 12.1 Å². The second-order valence-electron chi connectivity index (χ2n) is 5.99. The van der Waals surface area contributed by atoms with Crippen molar-refractivity contribution in [2.75, 3.05) is 0 Å². The number of aromatic nitrogens is 2. The summed E-state index contributed by atoms with van der Waals surface area (Å²) in [5.74, 6) is 1.69. The summed E-state index contributed by atoms with van der Waals surface area (Å²) in [5.41, 5.74) is 7.86. The molecule has 0 bridgehead atoms. The van der Waals surface area contributed by atoms with Gasteiger partial charge >= 0.3 is 0 Å². The fourth-order valence-corrected chi connectivity index (χ4v) is 2.34. The summed E-state index contributed by atoms with van der Waals surface area (Å²) < 4.78 is 11.3. The number of nitrogens with zero attached hydrogens (tertiary/aromatic N) is 2. The zero-order chi connectivity index (χ0) is 17.1. The number of pyridine rings is 2. The van der Waals surface area contributed by atoms with Gasteiger partial charge in [-0.1, -0.05) is 6.07 Å². The van der Waals surface area contributed by atoms with Crippen LogP contribution in [0.1, 0.15) is 32.4 Å². The predicted octanol–water partition coefficient (Wildman–Crippen LogP) is 4.23. The molecule has 2 aromatic heterocycles. The summed E-state index contributed by atoms with van der Waals surface area (Å²) in [6.45, 7) is 5.91. The second-order valence-corrected chi connectivity index (χ2v) is 5.99. The molecule has 124 valence electrons. The molecule has 0 aliphatic carbocycles. The average Bonchev–Trinajstić information content (AvgIpc) is 2.55. The highest BCUT2D eigenvalue weighted by Crippen LogP contribution is 2.24. The molecule has 0 spiro atoms. The van der Waals surface area contributed by atoms with Gasteiger partial charge < -0.3 is 15.2 Å². The third-order valence-electron chi connectivity index (χ3n) is 3.50. The quantitative estimate of drug-likeness (QED) is 0.761. The summed E-state index contributed by atoms with van der Waals surface area (Å²) in [6.07, 6.45) is 1.76. The Labute approximate surface area is 141 Å². The van der Waals surface area contributed by atoms with Gasteiger partial charge in [-0.3, -0.25) is 0 Å². The lowest BCUT2D eigenvalue weighted by molar-refractivity contribution is 0.241. The Morgan fingerprint density at radius 3 is 2.42 bits per heavy atom. The van der Waals surface area contributed by atoms with E-state index in [1.807, 2.05) is 57.2 Å². The van der Waals surface area contributed by atoms with Crippen LogP contribution in [0.4, 0.5) is 0 Å². The monoisotopic (exact) mass is 323 g/mol. The van der Waals surface area contributed by atoms with Gasteiger partial charge in [-0.15, -0.1) is 0 Å². The van der Waals surface area contributed by atoms with E-state index < -0.39 is 0 Å². The zero-order valence-corrected chi connectivity index (χ0v) is 14.1. The van der Waals surface area contributed by atoms with Crippen molar-refractivity contribution < 1.29 is 9.47 Å². The van der Waals surface area contributed by atoms with Crippen molar-refractivity contribution in [3.63, 3.8) is 0 Å². The van der Waals surface area contributed by atoms with E-state index in [9.17, 15) is 0 Å². The smallest absolute Gasteiger partial charge is 0.221 e. The molecule has 1 aromatic carbocycles. The molecule has 0 radical (unpaired) electrons. The fourth-order valence-electron chi connectivity index (χ4n) is 2.34. The SMILES string of the molecule is CC(C)Oc1ccc(Oc2ccc3cc(C(C)N)ccc3n2)nc1. The number of hydrogen-bond donors (Lipinski definition) is 1. The summed E-state index contributed by atoms with van der Waals surface area (Å²) in [5, 5.41) is 1.03. The van der Waals surface area contributed by atoms with Crippen molar-refractivity contribution in [3.8, 4) is 17.5 Å². The maximum atomic E-state index is 5.92. The van der Waals surface area contributed by atoms with Crippen LogP contribution in [0, 0.1) is 0 Å². The van der Waals surface area contributed by atoms with Gasteiger partial charge in [0.25, 0.3) is 0 Å². The summed E-state index contributed by atoms with van der Waals surface area (Å²) in [4.78, 5) is 8.75. The Morgan fingerprint density at radius 1 is 0.958 bits per heavy atom. The number of rotatable bonds is 5. The van der Waals surface area contributed by atoms with Crippen molar-refractivity contribution >= 4 is 10.9 Å². The molecule has 3 rings (SSSR count). The topological polar surface area (TPSA) is 70.3 Å². The van der Waals surface area contributed by atoms with Crippen molar-refractivity contribution in [1.82, 2.24) is 9.97 Å². The molecule has 5 nitrogen and oxygen atoms in total. The van der Waals surface area contributed by atoms with Crippen LogP contribution in [0.2, 0.25) is 0 Å². The summed E-state index contributed by atoms with van der Waals surface area (Å²) in [7, 11) is 0. The first-order valence-corrected chi connectivity index (χ1v) is 7.98. The first-order valence-electron chi connectivity index (χ1n) is 7.98. The maximum Gasteiger partial charge on any atom is 0.221 e. The molecule has 2 N–H and O–H groups in total. The molecule has 24 heavy (non-hydrogen) atoms. The largest absolute Gasteiger partial charge is 0.489 e. The van der Waals surface area contributed by atoms with Gasteiger partial charge in [-0.05, 0) is 50.6 Å². The maximum absolute atomic E-state index is 5.92. The lowest BCUT2D eigenvalue weighted by atomic mass is 10.1. The first kappa shape index (κ1) is 16.2. The molecule has 1 unspecified atom stereocenters. The van der Waals surface area contributed by atoms with Crippen LogP contribution in [0.5, 0.6) is 17.5 Å². The summed E-state index contributed by atoms with van der Waals surface area (Å²) in [6, 6.07) is 13.4. The van der Waals surface area contributed by atoms with E-state index in [1.54, 1.807) is 12.3 Å². The Bertz CT molecular complexity index is 830. The Morgan fingerprint density at radius 2 is 1.75 bits per heavy atom. The molecular weight excluding hydrogens is 302 g/mol. The molecule has 2 heterocycles. The van der Waals surface area contributed by atoms with Crippen LogP contribution in [-0.2, 0) is 0 Å². The number of ether oxygens (including phenoxy) is 2. The lowest BCUT2D eigenvalue weighted by Crippen LogP contribution is -2.05. The van der Waals surface area contributed by atoms with Crippen molar-refractivity contribution in [1.29, 1.82) is 0 Å². The van der Waals surface area contributed by atoms with Gasteiger partial charge in [-0.2, -0.15) is 0 Å². The van der Waals surface area contributed by atoms with E-state index in [4.69, 9.17) is 15.2 Å². The van der Waals surface area contributed by atoms with Crippen molar-refractivity contribution in [2.24, 2.45) is 5.73 Å². The van der Waals surface area contributed by atoms with Gasteiger partial charge in [0.05, 0.1) is 17.8 Å². The van der Waals surface area contributed by atoms with Crippen LogP contribution < -0.4 is 15.2 Å². The normalized spacial score (nSPS) is 12.4. The highest BCUT2D eigenvalue weighted by atomic mass is 16.5. The minimum Gasteiger partial charge on any atom is -0.489 e. The average molecular weight is 323 g/mol. The number of benzene rings is 1. The number of hydrogen-bond acceptors (Lipinski definition) is 5. The van der Waals surface area contributed by atoms with Gasteiger partial charge in [0.2, 0.25) is 11.8 Å². The minimum atomic E-state index is 0.00102. The highest BCUT2D eigenvalue weighted by Gasteiger charge is 2.06. The van der Waals surface area contributed by atoms with E-state index in [1.165, 1.54) is 0 Å². The van der Waals surface area contributed by atoms with E-state index in [2.05, 4.69) is 9.97 Å². The van der Waals surface area contributed by atoms with E-state index in [0.717, 1.165) is 16.5 Å². The first-order chi connectivity index (χ1) is 11.5. The predicted molar refractivity (Wildman–Crippen MR) is 94.4 cm³/mol. The van der Waals surface area contributed by atoms with Crippen LogP contribution >= 0.6 is 0 Å². The molecule has 1 atom stereocenters. The molecule has 0 aliphatic rings. The number of nitrogens with two attached hydrogens (primary N) is 1. The van der Waals surface area contributed by atoms with Crippen LogP contribution in [-0.4, -0.2) is 16.1 Å². The summed E-state index contributed by atoms with van der Waals surface area (Å²) >= 11 is 0. The molecule has 0 amide bonds. The van der Waals surface area contributed by atoms with Gasteiger partial charge in [0.1, 0.15) is 5.75 Å². The van der Waals surface area contributed by atoms with Crippen LogP contribution in [0.15, 0.2) is 48.7 Å². The van der Waals surface area contributed by atoms with Crippen molar-refractivity contribution in [3.05, 3.63) is 54.2 Å². The van der Waals surface area contributed by atoms with Gasteiger partial charge in [0.15, 0.2) is 0 Å². The van der Waals surface area contributed by atoms with Gasteiger partial charge in [0, 0.05) is 23.6 Å². The van der Waals surface area contributed by atoms with Gasteiger partial charge in [-0.25, -0.2) is 9.97 Å². The molecular formula is C19H21N3O2. The molecule has 3 aromatic rings. The Balaban J connectivity index is 1.78. The van der Waals surface area contributed by atoms with Crippen LogP contribution in [0.3, 0.4) is 0 Å². The number of fused-ring (bicyclic) bond motifs is 1. The van der Waals surface area contributed by atoms with Crippen LogP contribution in [0.25, 0.3) is 10.9 Å². The molecule has 0 aliphatic heterocycles. The highest BCUT2D eigenvalue weighted by molar-refractivity contribution is 5.80. The molecule has 5 heteroatoms. The van der Waals surface area contributed by atoms with E-state index in [0.29, 0.717) is 17.5 Å².